The summed E-state index contributed by atoms with van der Waals surface area (Å²) in [5, 5.41) is 0. The molecule has 3 unspecified atom stereocenters. The maximum atomic E-state index is 13.0. The maximum Gasteiger partial charge on any atom is 0.228 e. The Morgan fingerprint density at radius 1 is 1.16 bits per heavy atom. The average Bonchev–Trinajstić information content (AvgIpc) is 2.96. The van der Waals surface area contributed by atoms with E-state index in [0.717, 1.165) is 44.6 Å². The van der Waals surface area contributed by atoms with Crippen LogP contribution in [0.25, 0.3) is 0 Å². The van der Waals surface area contributed by atoms with Gasteiger partial charge in [-0.2, -0.15) is 0 Å². The highest BCUT2D eigenvalue weighted by molar-refractivity contribution is 5.89. The first-order valence-electron chi connectivity index (χ1n) is 9.83. The Morgan fingerprint density at radius 2 is 1.84 bits per heavy atom. The van der Waals surface area contributed by atoms with Crippen molar-refractivity contribution in [1.82, 2.24) is 9.80 Å². The number of hydrogen-bond donors (Lipinski definition) is 1. The van der Waals surface area contributed by atoms with E-state index >= 15 is 0 Å². The van der Waals surface area contributed by atoms with Crippen molar-refractivity contribution in [3.63, 3.8) is 0 Å². The quantitative estimate of drug-likeness (QED) is 0.829. The van der Waals surface area contributed by atoms with E-state index < -0.39 is 0 Å². The molecule has 3 atom stereocenters. The lowest BCUT2D eigenvalue weighted by Crippen LogP contribution is -2.53. The second-order valence-electron chi connectivity index (χ2n) is 8.31. The second-order valence-corrected chi connectivity index (χ2v) is 8.31. The third-order valence-corrected chi connectivity index (χ3v) is 6.37. The molecule has 3 fully saturated rings. The van der Waals surface area contributed by atoms with Crippen LogP contribution in [0.2, 0.25) is 0 Å². The number of likely N-dealkylation sites (tertiary alicyclic amines) is 2. The minimum atomic E-state index is -0.156. The Balaban J connectivity index is 0.00000225. The Bertz CT molecular complexity index is 477. The van der Waals surface area contributed by atoms with Crippen LogP contribution >= 0.6 is 12.4 Å². The molecule has 0 bridgehead atoms. The molecule has 0 aromatic carbocycles. The number of carbonyl (C=O) groups is 2. The number of halogens is 1. The highest BCUT2D eigenvalue weighted by Gasteiger charge is 2.42. The molecule has 0 aromatic heterocycles. The van der Waals surface area contributed by atoms with E-state index in [0.29, 0.717) is 19.0 Å². The van der Waals surface area contributed by atoms with Crippen LogP contribution in [0.5, 0.6) is 0 Å². The molecule has 5 nitrogen and oxygen atoms in total. The van der Waals surface area contributed by atoms with Gasteiger partial charge >= 0.3 is 0 Å². The van der Waals surface area contributed by atoms with Crippen molar-refractivity contribution >= 4 is 24.2 Å². The highest BCUT2D eigenvalue weighted by Crippen LogP contribution is 2.32. The number of nitrogens with zero attached hydrogens (tertiary/aromatic N) is 2. The molecular weight excluding hydrogens is 338 g/mol. The van der Waals surface area contributed by atoms with Gasteiger partial charge in [-0.1, -0.05) is 6.92 Å². The lowest BCUT2D eigenvalue weighted by atomic mass is 9.86. The summed E-state index contributed by atoms with van der Waals surface area (Å²) in [4.78, 5) is 29.5. The van der Waals surface area contributed by atoms with Gasteiger partial charge in [0.25, 0.3) is 0 Å². The van der Waals surface area contributed by atoms with Gasteiger partial charge in [0.05, 0.1) is 5.92 Å². The SMILES string of the molecule is CC1CCC(N2CC(C(=O)N3CCCCC3C(C)N)CC2=O)CC1.Cl. The van der Waals surface area contributed by atoms with Crippen LogP contribution in [0, 0.1) is 11.8 Å². The minimum absolute atomic E-state index is 0. The third-order valence-electron chi connectivity index (χ3n) is 6.37. The van der Waals surface area contributed by atoms with Crippen molar-refractivity contribution in [3.05, 3.63) is 0 Å². The summed E-state index contributed by atoms with van der Waals surface area (Å²) in [6.45, 7) is 5.71. The summed E-state index contributed by atoms with van der Waals surface area (Å²) in [5.74, 6) is 0.965. The van der Waals surface area contributed by atoms with E-state index in [9.17, 15) is 9.59 Å². The third kappa shape index (κ3) is 4.48. The van der Waals surface area contributed by atoms with Gasteiger partial charge in [-0.15, -0.1) is 12.4 Å². The maximum absolute atomic E-state index is 13.0. The number of rotatable bonds is 3. The summed E-state index contributed by atoms with van der Waals surface area (Å²) < 4.78 is 0. The molecular formula is C19H34ClN3O2. The zero-order valence-corrected chi connectivity index (χ0v) is 16.5. The fraction of sp³-hybridized carbons (Fsp3) is 0.895. The fourth-order valence-corrected chi connectivity index (χ4v) is 4.82. The van der Waals surface area contributed by atoms with E-state index in [4.69, 9.17) is 5.73 Å². The van der Waals surface area contributed by atoms with Gasteiger partial charge in [-0.25, -0.2) is 0 Å². The molecule has 2 N–H and O–H groups in total. The molecule has 2 heterocycles. The number of piperidine rings is 1. The largest absolute Gasteiger partial charge is 0.339 e. The Morgan fingerprint density at radius 3 is 2.48 bits per heavy atom. The second kappa shape index (κ2) is 8.72. The number of amides is 2. The number of carbonyl (C=O) groups excluding carboxylic acids is 2. The van der Waals surface area contributed by atoms with Gasteiger partial charge in [0, 0.05) is 37.6 Å². The van der Waals surface area contributed by atoms with E-state index in [1.807, 2.05) is 16.7 Å². The molecule has 2 saturated heterocycles. The standard InChI is InChI=1S/C19H33N3O2.ClH/c1-13-6-8-16(9-7-13)22-12-15(11-18(22)23)19(24)21-10-4-3-5-17(21)14(2)20;/h13-17H,3-12,20H2,1-2H3;1H. The summed E-state index contributed by atoms with van der Waals surface area (Å²) in [6.07, 6.45) is 8.19. The van der Waals surface area contributed by atoms with Gasteiger partial charge in [-0.3, -0.25) is 9.59 Å². The molecule has 1 aliphatic carbocycles. The molecule has 25 heavy (non-hydrogen) atoms. The Labute approximate surface area is 158 Å². The Kier molecular flexibility index (Phi) is 7.15. The van der Waals surface area contributed by atoms with E-state index in [1.54, 1.807) is 0 Å². The zero-order chi connectivity index (χ0) is 17.3. The van der Waals surface area contributed by atoms with Crippen LogP contribution in [0.15, 0.2) is 0 Å². The summed E-state index contributed by atoms with van der Waals surface area (Å²) in [7, 11) is 0. The Hall–Kier alpha value is -0.810. The molecule has 144 valence electrons. The zero-order valence-electron chi connectivity index (χ0n) is 15.7. The minimum Gasteiger partial charge on any atom is -0.339 e. The number of nitrogens with two attached hydrogens (primary N) is 1. The molecule has 2 aliphatic heterocycles. The van der Waals surface area contributed by atoms with Crippen LogP contribution < -0.4 is 5.73 Å². The van der Waals surface area contributed by atoms with Crippen molar-refractivity contribution < 1.29 is 9.59 Å². The molecule has 3 aliphatic rings. The molecule has 1 saturated carbocycles. The van der Waals surface area contributed by atoms with Crippen molar-refractivity contribution in [2.24, 2.45) is 17.6 Å². The van der Waals surface area contributed by atoms with Gasteiger partial charge in [0.15, 0.2) is 0 Å². The number of hydrogen-bond acceptors (Lipinski definition) is 3. The fourth-order valence-electron chi connectivity index (χ4n) is 4.82. The summed E-state index contributed by atoms with van der Waals surface area (Å²) in [6, 6.07) is 0.505. The first-order chi connectivity index (χ1) is 11.5. The topological polar surface area (TPSA) is 66.6 Å². The van der Waals surface area contributed by atoms with Gasteiger partial charge < -0.3 is 15.5 Å². The van der Waals surface area contributed by atoms with Crippen molar-refractivity contribution in [1.29, 1.82) is 0 Å². The lowest BCUT2D eigenvalue weighted by molar-refractivity contribution is -0.139. The normalized spacial score (nSPS) is 34.6. The average molecular weight is 372 g/mol. The van der Waals surface area contributed by atoms with Crippen LogP contribution in [0.1, 0.15) is 65.2 Å². The summed E-state index contributed by atoms with van der Waals surface area (Å²) in [5.41, 5.74) is 6.11. The monoisotopic (exact) mass is 371 g/mol. The van der Waals surface area contributed by atoms with Gasteiger partial charge in [0.2, 0.25) is 11.8 Å². The van der Waals surface area contributed by atoms with Crippen LogP contribution in [-0.2, 0) is 9.59 Å². The van der Waals surface area contributed by atoms with Crippen molar-refractivity contribution in [2.75, 3.05) is 13.1 Å². The highest BCUT2D eigenvalue weighted by atomic mass is 35.5. The van der Waals surface area contributed by atoms with Gasteiger partial charge in [0.1, 0.15) is 0 Å². The molecule has 3 rings (SSSR count). The smallest absolute Gasteiger partial charge is 0.228 e. The van der Waals surface area contributed by atoms with Crippen LogP contribution in [-0.4, -0.2) is 52.8 Å². The predicted molar refractivity (Wildman–Crippen MR) is 101 cm³/mol. The summed E-state index contributed by atoms with van der Waals surface area (Å²) >= 11 is 0. The van der Waals surface area contributed by atoms with Crippen LogP contribution in [0.4, 0.5) is 0 Å². The molecule has 0 spiro atoms. The first-order valence-corrected chi connectivity index (χ1v) is 9.83. The molecule has 6 heteroatoms. The molecule has 0 aromatic rings. The molecule has 0 radical (unpaired) electrons. The first kappa shape index (κ1) is 20.5. The predicted octanol–water partition coefficient (Wildman–Crippen LogP) is 2.56. The van der Waals surface area contributed by atoms with E-state index in [1.165, 1.54) is 12.8 Å². The van der Waals surface area contributed by atoms with E-state index in [2.05, 4.69) is 6.92 Å². The van der Waals surface area contributed by atoms with Crippen LogP contribution in [0.3, 0.4) is 0 Å². The van der Waals surface area contributed by atoms with Gasteiger partial charge in [-0.05, 0) is 57.8 Å². The van der Waals surface area contributed by atoms with Crippen molar-refractivity contribution in [2.45, 2.75) is 83.3 Å². The van der Waals surface area contributed by atoms with Crippen molar-refractivity contribution in [3.8, 4) is 0 Å². The lowest BCUT2D eigenvalue weighted by Gasteiger charge is -2.39. The van der Waals surface area contributed by atoms with E-state index in [-0.39, 0.29) is 42.2 Å². The molecule has 2 amide bonds.